The van der Waals surface area contributed by atoms with Crippen LogP contribution in [-0.2, 0) is 9.59 Å². The van der Waals surface area contributed by atoms with Gasteiger partial charge in [0, 0.05) is 54.7 Å². The molecular weight excluding hydrogens is 579 g/mol. The van der Waals surface area contributed by atoms with Crippen LogP contribution in [0.5, 0.6) is 5.75 Å². The van der Waals surface area contributed by atoms with Gasteiger partial charge in [0.1, 0.15) is 12.4 Å². The van der Waals surface area contributed by atoms with Crippen molar-refractivity contribution < 1.29 is 42.5 Å². The molecule has 1 amide bonds. The van der Waals surface area contributed by atoms with Crippen molar-refractivity contribution in [3.05, 3.63) is 53.3 Å². The number of carbonyl (C=O) groups excluding carboxylic acids is 1. The number of pyridine rings is 1. The number of carboxylic acid groups (broad SMARTS) is 2. The quantitative estimate of drug-likeness (QED) is 0.205. The third-order valence-corrected chi connectivity index (χ3v) is 6.77. The van der Waals surface area contributed by atoms with Gasteiger partial charge in [-0.25, -0.2) is 4.79 Å². The summed E-state index contributed by atoms with van der Waals surface area (Å²) >= 11 is 6.35. The zero-order chi connectivity index (χ0) is 31.0. The number of nitrogens with zero attached hydrogens (tertiary/aromatic N) is 2. The van der Waals surface area contributed by atoms with Crippen LogP contribution in [0.15, 0.2) is 42.7 Å². The summed E-state index contributed by atoms with van der Waals surface area (Å²) in [6.45, 7) is 2.37. The van der Waals surface area contributed by atoms with Gasteiger partial charge in [0.15, 0.2) is 0 Å². The highest BCUT2D eigenvalue weighted by atomic mass is 35.5. The first-order chi connectivity index (χ1) is 20.0. The number of hydrogen-bond donors (Lipinski definition) is 3. The Morgan fingerprint density at radius 3 is 2.31 bits per heavy atom. The zero-order valence-corrected chi connectivity index (χ0v) is 24.0. The number of anilines is 1. The monoisotopic (exact) mass is 615 g/mol. The Hall–Kier alpha value is -3.54. The maximum absolute atomic E-state index is 13.5. The van der Waals surface area contributed by atoms with Crippen LogP contribution in [0.2, 0.25) is 5.02 Å². The Morgan fingerprint density at radius 1 is 1.02 bits per heavy atom. The number of amides is 1. The van der Waals surface area contributed by atoms with Gasteiger partial charge in [-0.2, -0.15) is 13.2 Å². The standard InChI is InChI=1S/C27H36ClN3O4.C2HF3O2/c28-23-17-22(18-25(19-23)35-16-14-30-24-10-12-29-13-11-24)27(34)31(15-6-2-5-9-26(32)33)20-21-7-3-1-4-8-21;3-2(4,5)1(6)7/h10-13,17-19,21H,1-9,14-16,20H2,(H,29,30)(H,32,33);(H,6,7). The fourth-order valence-corrected chi connectivity index (χ4v) is 4.72. The predicted molar refractivity (Wildman–Crippen MR) is 152 cm³/mol. The summed E-state index contributed by atoms with van der Waals surface area (Å²) in [6.07, 6.45) is 6.74. The fraction of sp³-hybridized carbons (Fsp3) is 0.517. The molecule has 2 aromatic rings. The minimum atomic E-state index is -5.08. The lowest BCUT2D eigenvalue weighted by Crippen LogP contribution is -2.37. The highest BCUT2D eigenvalue weighted by Crippen LogP contribution is 2.27. The molecule has 1 saturated carbocycles. The summed E-state index contributed by atoms with van der Waals surface area (Å²) in [5, 5.41) is 19.7. The number of carboxylic acids is 2. The van der Waals surface area contributed by atoms with Gasteiger partial charge in [-0.15, -0.1) is 0 Å². The molecule has 1 aliphatic rings. The number of nitrogens with one attached hydrogen (secondary N) is 1. The topological polar surface area (TPSA) is 129 Å². The number of alkyl halides is 3. The first-order valence-corrected chi connectivity index (χ1v) is 14.2. The van der Waals surface area contributed by atoms with Crippen molar-refractivity contribution in [3.63, 3.8) is 0 Å². The van der Waals surface area contributed by atoms with E-state index in [1.54, 1.807) is 30.6 Å². The number of hydrogen-bond acceptors (Lipinski definition) is 6. The average Bonchev–Trinajstić information content (AvgIpc) is 2.94. The molecule has 3 rings (SSSR count). The molecule has 1 heterocycles. The average molecular weight is 616 g/mol. The molecule has 0 bridgehead atoms. The lowest BCUT2D eigenvalue weighted by molar-refractivity contribution is -0.192. The number of aromatic nitrogens is 1. The summed E-state index contributed by atoms with van der Waals surface area (Å²) in [5.74, 6) is -2.50. The lowest BCUT2D eigenvalue weighted by atomic mass is 9.88. The molecule has 0 radical (unpaired) electrons. The normalized spacial score (nSPS) is 13.4. The SMILES string of the molecule is O=C(O)C(F)(F)F.O=C(O)CCCCCN(CC1CCCCC1)C(=O)c1cc(Cl)cc(OCCNc2ccncc2)c1. The second-order valence-electron chi connectivity index (χ2n) is 9.95. The molecule has 1 aromatic heterocycles. The Morgan fingerprint density at radius 2 is 1.69 bits per heavy atom. The van der Waals surface area contributed by atoms with E-state index in [1.807, 2.05) is 17.0 Å². The molecule has 9 nitrogen and oxygen atoms in total. The minimum Gasteiger partial charge on any atom is -0.492 e. The first-order valence-electron chi connectivity index (χ1n) is 13.8. The molecule has 232 valence electrons. The van der Waals surface area contributed by atoms with Crippen molar-refractivity contribution in [2.75, 3.05) is 31.6 Å². The lowest BCUT2D eigenvalue weighted by Gasteiger charge is -2.30. The second-order valence-corrected chi connectivity index (χ2v) is 10.4. The van der Waals surface area contributed by atoms with E-state index >= 15 is 0 Å². The molecule has 1 aromatic carbocycles. The van der Waals surface area contributed by atoms with Crippen LogP contribution in [0.4, 0.5) is 18.9 Å². The third kappa shape index (κ3) is 13.9. The van der Waals surface area contributed by atoms with E-state index in [0.29, 0.717) is 48.4 Å². The van der Waals surface area contributed by atoms with E-state index in [0.717, 1.165) is 37.9 Å². The van der Waals surface area contributed by atoms with Gasteiger partial charge < -0.3 is 25.2 Å². The van der Waals surface area contributed by atoms with E-state index in [-0.39, 0.29) is 12.3 Å². The first kappa shape index (κ1) is 34.7. The van der Waals surface area contributed by atoms with E-state index in [4.69, 9.17) is 31.3 Å². The molecule has 0 spiro atoms. The summed E-state index contributed by atoms with van der Waals surface area (Å²) in [4.78, 5) is 39.1. The van der Waals surface area contributed by atoms with Gasteiger partial charge in [0.2, 0.25) is 0 Å². The van der Waals surface area contributed by atoms with E-state index in [1.165, 1.54) is 19.3 Å². The Bertz CT molecular complexity index is 1130. The van der Waals surface area contributed by atoms with Crippen LogP contribution < -0.4 is 10.1 Å². The Kier molecular flexibility index (Phi) is 14.9. The molecule has 3 N–H and O–H groups in total. The molecule has 0 aliphatic heterocycles. The summed E-state index contributed by atoms with van der Waals surface area (Å²) < 4.78 is 37.6. The van der Waals surface area contributed by atoms with Gasteiger partial charge in [-0.3, -0.25) is 14.6 Å². The van der Waals surface area contributed by atoms with Gasteiger partial charge in [-0.1, -0.05) is 37.3 Å². The van der Waals surface area contributed by atoms with Crippen molar-refractivity contribution in [2.24, 2.45) is 5.92 Å². The highest BCUT2D eigenvalue weighted by molar-refractivity contribution is 6.31. The van der Waals surface area contributed by atoms with Crippen LogP contribution >= 0.6 is 11.6 Å². The van der Waals surface area contributed by atoms with Crippen molar-refractivity contribution in [3.8, 4) is 5.75 Å². The van der Waals surface area contributed by atoms with E-state index in [9.17, 15) is 22.8 Å². The maximum Gasteiger partial charge on any atom is 0.490 e. The predicted octanol–water partition coefficient (Wildman–Crippen LogP) is 6.53. The molecule has 0 atom stereocenters. The summed E-state index contributed by atoms with van der Waals surface area (Å²) in [7, 11) is 0. The Labute approximate surface area is 248 Å². The molecule has 1 fully saturated rings. The number of unbranched alkanes of at least 4 members (excludes halogenated alkanes) is 2. The highest BCUT2D eigenvalue weighted by Gasteiger charge is 2.38. The van der Waals surface area contributed by atoms with Crippen LogP contribution in [-0.4, -0.2) is 70.4 Å². The molecule has 0 unspecified atom stereocenters. The van der Waals surface area contributed by atoms with Crippen LogP contribution in [0.25, 0.3) is 0 Å². The molecule has 0 saturated heterocycles. The molecular formula is C29H37ClF3N3O6. The molecule has 1 aliphatic carbocycles. The van der Waals surface area contributed by atoms with Gasteiger partial charge in [-0.05, 0) is 61.9 Å². The largest absolute Gasteiger partial charge is 0.492 e. The van der Waals surface area contributed by atoms with Crippen molar-refractivity contribution in [1.82, 2.24) is 9.88 Å². The number of benzene rings is 1. The van der Waals surface area contributed by atoms with Crippen molar-refractivity contribution in [1.29, 1.82) is 0 Å². The zero-order valence-electron chi connectivity index (χ0n) is 23.2. The number of halogens is 4. The van der Waals surface area contributed by atoms with Crippen LogP contribution in [0.3, 0.4) is 0 Å². The van der Waals surface area contributed by atoms with Crippen LogP contribution in [0, 0.1) is 5.92 Å². The third-order valence-electron chi connectivity index (χ3n) is 6.55. The number of ether oxygens (including phenoxy) is 1. The number of rotatable bonds is 14. The van der Waals surface area contributed by atoms with Gasteiger partial charge in [0.05, 0.1) is 0 Å². The summed E-state index contributed by atoms with van der Waals surface area (Å²) in [5.41, 5.74) is 1.49. The second kappa shape index (κ2) is 18.1. The van der Waals surface area contributed by atoms with E-state index < -0.39 is 18.1 Å². The number of aliphatic carboxylic acids is 2. The maximum atomic E-state index is 13.5. The van der Waals surface area contributed by atoms with E-state index in [2.05, 4.69) is 10.3 Å². The molecule has 42 heavy (non-hydrogen) atoms. The van der Waals surface area contributed by atoms with Crippen molar-refractivity contribution in [2.45, 2.75) is 64.0 Å². The fourth-order valence-electron chi connectivity index (χ4n) is 4.50. The summed E-state index contributed by atoms with van der Waals surface area (Å²) in [6, 6.07) is 8.96. The van der Waals surface area contributed by atoms with Crippen LogP contribution in [0.1, 0.15) is 68.1 Å². The van der Waals surface area contributed by atoms with Gasteiger partial charge in [0.25, 0.3) is 5.91 Å². The molecule has 13 heteroatoms. The Balaban J connectivity index is 0.000000782. The number of carbonyl (C=O) groups is 3. The minimum absolute atomic E-state index is 0.0453. The smallest absolute Gasteiger partial charge is 0.490 e. The van der Waals surface area contributed by atoms with Crippen molar-refractivity contribution >= 4 is 35.1 Å². The van der Waals surface area contributed by atoms with Gasteiger partial charge >= 0.3 is 18.1 Å².